The largest absolute Gasteiger partial charge is 0.396 e. The highest BCUT2D eigenvalue weighted by atomic mass is 16.3. The van der Waals surface area contributed by atoms with Crippen molar-refractivity contribution in [1.29, 1.82) is 0 Å². The molecule has 24 heavy (non-hydrogen) atoms. The van der Waals surface area contributed by atoms with Crippen molar-refractivity contribution < 1.29 is 9.90 Å². The van der Waals surface area contributed by atoms with Crippen LogP contribution in [0.4, 0.5) is 4.79 Å². The molecule has 1 fully saturated rings. The minimum absolute atomic E-state index is 0.0732. The maximum Gasteiger partial charge on any atom is 0.317 e. The highest BCUT2D eigenvalue weighted by Gasteiger charge is 2.24. The van der Waals surface area contributed by atoms with E-state index in [-0.39, 0.29) is 24.6 Å². The van der Waals surface area contributed by atoms with Crippen LogP contribution in [0.5, 0.6) is 0 Å². The molecule has 0 spiro atoms. The number of carbonyl (C=O) groups is 1. The topological polar surface area (TPSA) is 70.4 Å². The van der Waals surface area contributed by atoms with Gasteiger partial charge in [-0.3, -0.25) is 0 Å². The molecule has 1 aliphatic rings. The average molecular weight is 328 g/mol. The van der Waals surface area contributed by atoms with Crippen LogP contribution in [0.1, 0.15) is 31.4 Å². The van der Waals surface area contributed by atoms with E-state index in [0.717, 1.165) is 30.6 Å². The van der Waals surface area contributed by atoms with Gasteiger partial charge in [0.05, 0.1) is 11.7 Å². The lowest BCUT2D eigenvalue weighted by atomic mass is 9.99. The summed E-state index contributed by atoms with van der Waals surface area (Å²) in [4.78, 5) is 14.4. The van der Waals surface area contributed by atoms with Crippen molar-refractivity contribution in [2.24, 2.45) is 5.92 Å². The van der Waals surface area contributed by atoms with Crippen molar-refractivity contribution in [3.8, 4) is 5.69 Å². The number of piperidine rings is 1. The number of aromatic nitrogens is 2. The number of likely N-dealkylation sites (tertiary alicyclic amines) is 1. The van der Waals surface area contributed by atoms with Crippen LogP contribution < -0.4 is 5.32 Å². The summed E-state index contributed by atoms with van der Waals surface area (Å²) < 4.78 is 1.81. The van der Waals surface area contributed by atoms with Gasteiger partial charge in [0.25, 0.3) is 0 Å². The predicted octanol–water partition coefficient (Wildman–Crippen LogP) is 2.35. The lowest BCUT2D eigenvalue weighted by Crippen LogP contribution is -2.46. The maximum absolute atomic E-state index is 12.6. The summed E-state index contributed by atoms with van der Waals surface area (Å²) in [6.07, 6.45) is 5.56. The molecular weight excluding hydrogens is 304 g/mol. The molecule has 2 aromatic rings. The minimum atomic E-state index is -0.132. The Balaban J connectivity index is 1.71. The van der Waals surface area contributed by atoms with Gasteiger partial charge in [-0.1, -0.05) is 18.2 Å². The maximum atomic E-state index is 12.6. The molecule has 0 radical (unpaired) electrons. The van der Waals surface area contributed by atoms with Crippen molar-refractivity contribution in [2.45, 2.75) is 25.8 Å². The van der Waals surface area contributed by atoms with Crippen molar-refractivity contribution in [2.75, 3.05) is 19.7 Å². The second-order valence-electron chi connectivity index (χ2n) is 6.32. The molecule has 0 unspecified atom stereocenters. The summed E-state index contributed by atoms with van der Waals surface area (Å²) >= 11 is 0. The number of nitrogens with zero attached hydrogens (tertiary/aromatic N) is 3. The summed E-state index contributed by atoms with van der Waals surface area (Å²) in [6.45, 7) is 3.49. The Morgan fingerprint density at radius 2 is 2.25 bits per heavy atom. The number of aliphatic hydroxyl groups is 1. The van der Waals surface area contributed by atoms with Crippen LogP contribution in [0.15, 0.2) is 42.7 Å². The molecule has 2 amide bonds. The van der Waals surface area contributed by atoms with Crippen molar-refractivity contribution >= 4 is 6.03 Å². The molecule has 0 aliphatic carbocycles. The highest BCUT2D eigenvalue weighted by molar-refractivity contribution is 5.75. The van der Waals surface area contributed by atoms with E-state index >= 15 is 0 Å². The minimum Gasteiger partial charge on any atom is -0.396 e. The Morgan fingerprint density at radius 1 is 1.42 bits per heavy atom. The smallest absolute Gasteiger partial charge is 0.317 e. The van der Waals surface area contributed by atoms with Gasteiger partial charge in [-0.05, 0) is 43.4 Å². The second kappa shape index (κ2) is 7.49. The van der Waals surface area contributed by atoms with Gasteiger partial charge in [0, 0.05) is 32.1 Å². The molecule has 3 rings (SSSR count). The fourth-order valence-corrected chi connectivity index (χ4v) is 3.23. The zero-order valence-corrected chi connectivity index (χ0v) is 13.9. The standard InChI is InChI=1S/C18H24N4O2/c1-14(20-18(24)21-10-4-6-15(12-21)13-23)16-7-2-3-8-17(16)22-11-5-9-19-22/h2-3,5,7-9,11,14-15,23H,4,6,10,12-13H2,1H3,(H,20,24)/t14-,15-/m0/s1. The molecular formula is C18H24N4O2. The van der Waals surface area contributed by atoms with Gasteiger partial charge in [-0.25, -0.2) is 9.48 Å². The van der Waals surface area contributed by atoms with Crippen LogP contribution in [0.25, 0.3) is 5.69 Å². The Labute approximate surface area is 142 Å². The van der Waals surface area contributed by atoms with E-state index < -0.39 is 0 Å². The molecule has 6 heteroatoms. The van der Waals surface area contributed by atoms with Crippen LogP contribution in [-0.2, 0) is 0 Å². The third kappa shape index (κ3) is 3.59. The summed E-state index contributed by atoms with van der Waals surface area (Å²) in [5.74, 6) is 0.191. The number of para-hydroxylation sites is 1. The van der Waals surface area contributed by atoms with E-state index in [4.69, 9.17) is 0 Å². The normalized spacial score (nSPS) is 19.1. The van der Waals surface area contributed by atoms with Crippen molar-refractivity contribution in [3.05, 3.63) is 48.3 Å². The van der Waals surface area contributed by atoms with Gasteiger partial charge in [0.1, 0.15) is 0 Å². The van der Waals surface area contributed by atoms with Crippen LogP contribution in [-0.4, -0.2) is 45.5 Å². The summed E-state index contributed by atoms with van der Waals surface area (Å²) in [7, 11) is 0. The second-order valence-corrected chi connectivity index (χ2v) is 6.32. The summed E-state index contributed by atoms with van der Waals surface area (Å²) in [5.41, 5.74) is 1.98. The first kappa shape index (κ1) is 16.5. The number of carbonyl (C=O) groups excluding carboxylic acids is 1. The lowest BCUT2D eigenvalue weighted by molar-refractivity contribution is 0.128. The Bertz CT molecular complexity index is 671. The number of hydrogen-bond donors (Lipinski definition) is 2. The lowest BCUT2D eigenvalue weighted by Gasteiger charge is -2.33. The monoisotopic (exact) mass is 328 g/mol. The summed E-state index contributed by atoms with van der Waals surface area (Å²) in [5, 5.41) is 16.7. The Hall–Kier alpha value is -2.34. The van der Waals surface area contributed by atoms with Gasteiger partial charge < -0.3 is 15.3 Å². The molecule has 1 aromatic heterocycles. The first-order valence-corrected chi connectivity index (χ1v) is 8.44. The molecule has 6 nitrogen and oxygen atoms in total. The van der Waals surface area contributed by atoms with Crippen LogP contribution >= 0.6 is 0 Å². The third-order valence-electron chi connectivity index (χ3n) is 4.56. The summed E-state index contributed by atoms with van der Waals surface area (Å²) in [6, 6.07) is 9.60. The predicted molar refractivity (Wildman–Crippen MR) is 91.9 cm³/mol. The van der Waals surface area contributed by atoms with Gasteiger partial charge in [-0.15, -0.1) is 0 Å². The van der Waals surface area contributed by atoms with E-state index in [2.05, 4.69) is 10.4 Å². The van der Waals surface area contributed by atoms with Crippen LogP contribution in [0.2, 0.25) is 0 Å². The van der Waals surface area contributed by atoms with Crippen molar-refractivity contribution in [3.63, 3.8) is 0 Å². The zero-order chi connectivity index (χ0) is 16.9. The molecule has 1 aromatic carbocycles. The fourth-order valence-electron chi connectivity index (χ4n) is 3.23. The van der Waals surface area contributed by atoms with Crippen molar-refractivity contribution in [1.82, 2.24) is 20.0 Å². The molecule has 128 valence electrons. The third-order valence-corrected chi connectivity index (χ3v) is 4.56. The zero-order valence-electron chi connectivity index (χ0n) is 13.9. The Morgan fingerprint density at radius 3 is 3.00 bits per heavy atom. The first-order valence-electron chi connectivity index (χ1n) is 8.44. The number of nitrogens with one attached hydrogen (secondary N) is 1. The quantitative estimate of drug-likeness (QED) is 0.905. The number of benzene rings is 1. The number of amides is 2. The Kier molecular flexibility index (Phi) is 5.15. The van der Waals surface area contributed by atoms with E-state index in [1.165, 1.54) is 0 Å². The fraction of sp³-hybridized carbons (Fsp3) is 0.444. The van der Waals surface area contributed by atoms with E-state index in [1.807, 2.05) is 43.5 Å². The number of aliphatic hydroxyl groups excluding tert-OH is 1. The molecule has 1 saturated heterocycles. The number of urea groups is 1. The molecule has 2 atom stereocenters. The average Bonchev–Trinajstić information content (AvgIpc) is 3.16. The SMILES string of the molecule is C[C@H](NC(=O)N1CCC[C@H](CO)C1)c1ccccc1-n1cccn1. The van der Waals surface area contributed by atoms with Crippen LogP contribution in [0.3, 0.4) is 0 Å². The van der Waals surface area contributed by atoms with Gasteiger partial charge in [0.2, 0.25) is 0 Å². The van der Waals surface area contributed by atoms with Gasteiger partial charge >= 0.3 is 6.03 Å². The van der Waals surface area contributed by atoms with Gasteiger partial charge in [0.15, 0.2) is 0 Å². The molecule has 0 bridgehead atoms. The molecule has 1 aliphatic heterocycles. The molecule has 0 saturated carbocycles. The van der Waals surface area contributed by atoms with E-state index in [9.17, 15) is 9.90 Å². The molecule has 2 heterocycles. The number of rotatable bonds is 4. The van der Waals surface area contributed by atoms with Crippen LogP contribution in [0, 0.1) is 5.92 Å². The molecule has 2 N–H and O–H groups in total. The highest BCUT2D eigenvalue weighted by Crippen LogP contribution is 2.22. The van der Waals surface area contributed by atoms with Gasteiger partial charge in [-0.2, -0.15) is 5.10 Å². The van der Waals surface area contributed by atoms with E-state index in [0.29, 0.717) is 6.54 Å². The number of hydrogen-bond acceptors (Lipinski definition) is 3. The van der Waals surface area contributed by atoms with E-state index in [1.54, 1.807) is 15.8 Å². The first-order chi connectivity index (χ1) is 11.7.